The van der Waals surface area contributed by atoms with Gasteiger partial charge in [-0.15, -0.1) is 0 Å². The number of hydrogen-bond acceptors (Lipinski definition) is 3. The van der Waals surface area contributed by atoms with E-state index in [1.165, 1.54) is 11.5 Å². The molecule has 1 aliphatic heterocycles. The normalized spacial score (nSPS) is 21.8. The first-order chi connectivity index (χ1) is 5.29. The van der Waals surface area contributed by atoms with Crippen molar-refractivity contribution < 1.29 is 0 Å². The molecule has 2 nitrogen and oxygen atoms in total. The summed E-state index contributed by atoms with van der Waals surface area (Å²) in [7, 11) is 0. The van der Waals surface area contributed by atoms with Gasteiger partial charge in [0.25, 0.3) is 0 Å². The highest BCUT2D eigenvalue weighted by molar-refractivity contribution is 8.00. The fraction of sp³-hybridized carbons (Fsp3) is 1.00. The molecule has 2 N–H and O–H groups in total. The highest BCUT2D eigenvalue weighted by Crippen LogP contribution is 2.24. The zero-order valence-electron chi connectivity index (χ0n) is 7.42. The van der Waals surface area contributed by atoms with Gasteiger partial charge in [0.2, 0.25) is 0 Å². The number of nitrogens with two attached hydrogens (primary N) is 1. The molecule has 0 spiro atoms. The van der Waals surface area contributed by atoms with Gasteiger partial charge in [0.15, 0.2) is 0 Å². The summed E-state index contributed by atoms with van der Waals surface area (Å²) in [5.74, 6) is 2.61. The van der Waals surface area contributed by atoms with Gasteiger partial charge in [-0.2, -0.15) is 11.8 Å². The SMILES string of the molecule is CCN(C(C)CN)C1CSC1. The minimum atomic E-state index is 0.561. The zero-order chi connectivity index (χ0) is 8.27. The molecular weight excluding hydrogens is 156 g/mol. The van der Waals surface area contributed by atoms with Crippen molar-refractivity contribution in [3.8, 4) is 0 Å². The number of nitrogens with zero attached hydrogens (tertiary/aromatic N) is 1. The number of thioether (sulfide) groups is 1. The van der Waals surface area contributed by atoms with E-state index in [4.69, 9.17) is 5.73 Å². The second-order valence-corrected chi connectivity index (χ2v) is 4.18. The van der Waals surface area contributed by atoms with E-state index >= 15 is 0 Å². The Balaban J connectivity index is 2.34. The van der Waals surface area contributed by atoms with Crippen molar-refractivity contribution in [1.29, 1.82) is 0 Å². The van der Waals surface area contributed by atoms with Crippen LogP contribution >= 0.6 is 11.8 Å². The summed E-state index contributed by atoms with van der Waals surface area (Å²) in [6.45, 7) is 6.36. The van der Waals surface area contributed by atoms with Crippen molar-refractivity contribution in [3.05, 3.63) is 0 Å². The van der Waals surface area contributed by atoms with E-state index in [1.807, 2.05) is 11.8 Å². The van der Waals surface area contributed by atoms with Crippen LogP contribution in [0.1, 0.15) is 13.8 Å². The maximum Gasteiger partial charge on any atom is 0.0280 e. The number of rotatable bonds is 4. The van der Waals surface area contributed by atoms with E-state index in [1.54, 1.807) is 0 Å². The lowest BCUT2D eigenvalue weighted by Gasteiger charge is -2.39. The van der Waals surface area contributed by atoms with Crippen molar-refractivity contribution in [1.82, 2.24) is 4.90 Å². The third-order valence-corrected chi connectivity index (χ3v) is 3.60. The summed E-state index contributed by atoms with van der Waals surface area (Å²) in [4.78, 5) is 2.51. The summed E-state index contributed by atoms with van der Waals surface area (Å²) >= 11 is 2.03. The van der Waals surface area contributed by atoms with Crippen LogP contribution in [0.2, 0.25) is 0 Å². The first-order valence-corrected chi connectivity index (χ1v) is 5.48. The minimum absolute atomic E-state index is 0.561. The molecule has 0 amide bonds. The number of likely N-dealkylation sites (N-methyl/N-ethyl adjacent to an activating group) is 1. The van der Waals surface area contributed by atoms with Gasteiger partial charge in [-0.25, -0.2) is 0 Å². The van der Waals surface area contributed by atoms with Crippen LogP contribution in [-0.4, -0.2) is 41.6 Å². The van der Waals surface area contributed by atoms with Crippen molar-refractivity contribution in [2.24, 2.45) is 5.73 Å². The standard InChI is InChI=1S/C8H18N2S/c1-3-10(7(2)4-9)8-5-11-6-8/h7-8H,3-6,9H2,1-2H3. The van der Waals surface area contributed by atoms with E-state index < -0.39 is 0 Å². The lowest BCUT2D eigenvalue weighted by Crippen LogP contribution is -2.51. The van der Waals surface area contributed by atoms with Crippen LogP contribution in [0, 0.1) is 0 Å². The van der Waals surface area contributed by atoms with Crippen LogP contribution in [0.25, 0.3) is 0 Å². The van der Waals surface area contributed by atoms with E-state index in [2.05, 4.69) is 18.7 Å². The molecule has 1 atom stereocenters. The first kappa shape index (κ1) is 9.36. The molecule has 11 heavy (non-hydrogen) atoms. The van der Waals surface area contributed by atoms with Gasteiger partial charge < -0.3 is 5.73 Å². The van der Waals surface area contributed by atoms with Gasteiger partial charge in [0.1, 0.15) is 0 Å². The first-order valence-electron chi connectivity index (χ1n) is 4.33. The minimum Gasteiger partial charge on any atom is -0.329 e. The van der Waals surface area contributed by atoms with Crippen molar-refractivity contribution >= 4 is 11.8 Å². The monoisotopic (exact) mass is 174 g/mol. The summed E-state index contributed by atoms with van der Waals surface area (Å²) in [6, 6.07) is 1.37. The fourth-order valence-electron chi connectivity index (χ4n) is 1.48. The largest absolute Gasteiger partial charge is 0.329 e. The fourth-order valence-corrected chi connectivity index (χ4v) is 2.31. The van der Waals surface area contributed by atoms with Gasteiger partial charge >= 0.3 is 0 Å². The van der Waals surface area contributed by atoms with Crippen molar-refractivity contribution in [2.45, 2.75) is 25.9 Å². The van der Waals surface area contributed by atoms with Crippen molar-refractivity contribution in [2.75, 3.05) is 24.6 Å². The molecule has 1 fully saturated rings. The van der Waals surface area contributed by atoms with Crippen LogP contribution in [0.15, 0.2) is 0 Å². The lowest BCUT2D eigenvalue weighted by molar-refractivity contribution is 0.177. The molecule has 1 heterocycles. The van der Waals surface area contributed by atoms with Crippen LogP contribution in [-0.2, 0) is 0 Å². The molecule has 0 aromatic rings. The molecule has 0 aromatic heterocycles. The predicted molar refractivity (Wildman–Crippen MR) is 52.0 cm³/mol. The van der Waals surface area contributed by atoms with Gasteiger partial charge in [0, 0.05) is 30.1 Å². The average molecular weight is 174 g/mol. The Kier molecular flexibility index (Phi) is 3.69. The van der Waals surface area contributed by atoms with Gasteiger partial charge in [-0.05, 0) is 13.5 Å². The third kappa shape index (κ3) is 2.10. The quantitative estimate of drug-likeness (QED) is 0.682. The van der Waals surface area contributed by atoms with E-state index in [0.717, 1.165) is 19.1 Å². The van der Waals surface area contributed by atoms with E-state index in [9.17, 15) is 0 Å². The number of hydrogen-bond donors (Lipinski definition) is 1. The summed E-state index contributed by atoms with van der Waals surface area (Å²) in [5.41, 5.74) is 5.62. The molecule has 3 heteroatoms. The molecular formula is C8H18N2S. The molecule has 1 unspecified atom stereocenters. The topological polar surface area (TPSA) is 29.3 Å². The summed E-state index contributed by atoms with van der Waals surface area (Å²) < 4.78 is 0. The Morgan fingerprint density at radius 3 is 2.55 bits per heavy atom. The molecule has 0 aliphatic carbocycles. The molecule has 0 saturated carbocycles. The Bertz CT molecular complexity index is 110. The Morgan fingerprint density at radius 2 is 2.27 bits per heavy atom. The van der Waals surface area contributed by atoms with E-state index in [-0.39, 0.29) is 0 Å². The molecule has 0 bridgehead atoms. The highest BCUT2D eigenvalue weighted by atomic mass is 32.2. The predicted octanol–water partition coefficient (Wildman–Crippen LogP) is 0.771. The van der Waals surface area contributed by atoms with Crippen LogP contribution in [0.3, 0.4) is 0 Å². The second-order valence-electron chi connectivity index (χ2n) is 3.11. The van der Waals surface area contributed by atoms with Crippen LogP contribution in [0.5, 0.6) is 0 Å². The second kappa shape index (κ2) is 4.33. The maximum atomic E-state index is 5.62. The summed E-state index contributed by atoms with van der Waals surface area (Å²) in [5, 5.41) is 0. The average Bonchev–Trinajstić information content (AvgIpc) is 1.94. The molecule has 66 valence electrons. The molecule has 0 radical (unpaired) electrons. The molecule has 1 saturated heterocycles. The van der Waals surface area contributed by atoms with Crippen LogP contribution < -0.4 is 5.73 Å². The van der Waals surface area contributed by atoms with Gasteiger partial charge in [-0.3, -0.25) is 4.90 Å². The Morgan fingerprint density at radius 1 is 1.64 bits per heavy atom. The highest BCUT2D eigenvalue weighted by Gasteiger charge is 2.26. The van der Waals surface area contributed by atoms with Crippen LogP contribution in [0.4, 0.5) is 0 Å². The Hall–Kier alpha value is 0.270. The van der Waals surface area contributed by atoms with E-state index in [0.29, 0.717) is 6.04 Å². The third-order valence-electron chi connectivity index (χ3n) is 2.36. The summed E-state index contributed by atoms with van der Waals surface area (Å²) in [6.07, 6.45) is 0. The Labute approximate surface area is 73.5 Å². The van der Waals surface area contributed by atoms with Gasteiger partial charge in [-0.1, -0.05) is 6.92 Å². The van der Waals surface area contributed by atoms with Gasteiger partial charge in [0.05, 0.1) is 0 Å². The molecule has 1 aliphatic rings. The maximum absolute atomic E-state index is 5.62. The lowest BCUT2D eigenvalue weighted by atomic mass is 10.2. The molecule has 1 rings (SSSR count). The zero-order valence-corrected chi connectivity index (χ0v) is 8.23. The smallest absolute Gasteiger partial charge is 0.0280 e. The van der Waals surface area contributed by atoms with Crippen molar-refractivity contribution in [3.63, 3.8) is 0 Å². The molecule has 0 aromatic carbocycles.